The van der Waals surface area contributed by atoms with E-state index in [4.69, 9.17) is 9.97 Å². The molecule has 0 amide bonds. The molecule has 1 aliphatic rings. The second-order valence-corrected chi connectivity index (χ2v) is 12.3. The summed E-state index contributed by atoms with van der Waals surface area (Å²) in [7, 11) is -2.93. The molecule has 0 aliphatic carbocycles. The van der Waals surface area contributed by atoms with E-state index < -0.39 is 9.84 Å². The quantitative estimate of drug-likeness (QED) is 0.490. The average molecular weight is 498 g/mol. The van der Waals surface area contributed by atoms with Gasteiger partial charge in [0.2, 0.25) is 0 Å². The lowest BCUT2D eigenvalue weighted by atomic mass is 10.2. The summed E-state index contributed by atoms with van der Waals surface area (Å²) in [6.07, 6.45) is 0. The van der Waals surface area contributed by atoms with Gasteiger partial charge < -0.3 is 4.90 Å². The zero-order valence-electron chi connectivity index (χ0n) is 15.6. The number of aromatic nitrogens is 2. The minimum atomic E-state index is -2.93. The maximum Gasteiger partial charge on any atom is 0.153 e. The maximum absolute atomic E-state index is 11.8. The number of rotatable bonds is 4. The lowest BCUT2D eigenvalue weighted by Gasteiger charge is -2.28. The lowest BCUT2D eigenvalue weighted by Crippen LogP contribution is -2.41. The summed E-state index contributed by atoms with van der Waals surface area (Å²) in [6, 6.07) is 8.20. The molecule has 9 heteroatoms. The number of thiophene rings is 1. The van der Waals surface area contributed by atoms with Gasteiger partial charge in [0.15, 0.2) is 9.84 Å². The molecule has 2 aromatic heterocycles. The topological polar surface area (TPSA) is 63.2 Å². The van der Waals surface area contributed by atoms with Crippen LogP contribution in [0.15, 0.2) is 33.6 Å². The first kappa shape index (κ1) is 20.1. The Hall–Kier alpha value is -1.16. The third-order valence-corrected chi connectivity index (χ3v) is 9.13. The van der Waals surface area contributed by atoms with E-state index in [-0.39, 0.29) is 11.5 Å². The molecule has 0 radical (unpaired) electrons. The first-order valence-corrected chi connectivity index (χ1v) is 13.3. The van der Waals surface area contributed by atoms with Crippen LogP contribution < -0.4 is 4.90 Å². The van der Waals surface area contributed by atoms with Gasteiger partial charge in [0.05, 0.1) is 22.6 Å². The number of aryl methyl sites for hydroxylation is 2. The third kappa shape index (κ3) is 4.22. The number of nitrogens with zero attached hydrogens (tertiary/aromatic N) is 3. The first-order chi connectivity index (χ1) is 13.3. The number of anilines is 1. The van der Waals surface area contributed by atoms with Crippen molar-refractivity contribution < 1.29 is 8.42 Å². The van der Waals surface area contributed by atoms with Gasteiger partial charge in [-0.25, -0.2) is 18.4 Å². The van der Waals surface area contributed by atoms with Crippen LogP contribution in [-0.4, -0.2) is 43.0 Å². The van der Waals surface area contributed by atoms with Crippen molar-refractivity contribution in [2.24, 2.45) is 0 Å². The fraction of sp³-hybridized carbons (Fsp3) is 0.368. The van der Waals surface area contributed by atoms with Crippen molar-refractivity contribution in [1.82, 2.24) is 9.97 Å². The van der Waals surface area contributed by atoms with E-state index >= 15 is 0 Å². The second kappa shape index (κ2) is 7.93. The molecule has 0 spiro atoms. The molecule has 3 heterocycles. The van der Waals surface area contributed by atoms with Crippen molar-refractivity contribution in [3.8, 4) is 0 Å². The number of thioether (sulfide) groups is 1. The minimum absolute atomic E-state index is 0.184. The highest BCUT2D eigenvalue weighted by atomic mass is 79.9. The van der Waals surface area contributed by atoms with E-state index in [1.165, 1.54) is 10.4 Å². The molecule has 4 rings (SSSR count). The summed E-state index contributed by atoms with van der Waals surface area (Å²) < 4.78 is 24.8. The van der Waals surface area contributed by atoms with Crippen LogP contribution in [0.3, 0.4) is 0 Å². The summed E-state index contributed by atoms with van der Waals surface area (Å²) in [6.45, 7) is 5.17. The molecule has 5 nitrogen and oxygen atoms in total. The number of hydrogen-bond acceptors (Lipinski definition) is 7. The molecule has 1 fully saturated rings. The van der Waals surface area contributed by atoms with Gasteiger partial charge in [0, 0.05) is 27.3 Å². The number of benzene rings is 1. The summed E-state index contributed by atoms with van der Waals surface area (Å²) in [5.41, 5.74) is 1.19. The predicted octanol–water partition coefficient (Wildman–Crippen LogP) is 4.60. The highest BCUT2D eigenvalue weighted by molar-refractivity contribution is 9.10. The normalized spacial score (nSPS) is 16.6. The summed E-state index contributed by atoms with van der Waals surface area (Å²) in [5.74, 6) is 2.71. The molecule has 0 saturated carbocycles. The largest absolute Gasteiger partial charge is 0.354 e. The number of sulfone groups is 1. The highest BCUT2D eigenvalue weighted by Crippen LogP contribution is 2.36. The predicted molar refractivity (Wildman–Crippen MR) is 121 cm³/mol. The monoisotopic (exact) mass is 497 g/mol. The number of halogens is 1. The van der Waals surface area contributed by atoms with Crippen molar-refractivity contribution >= 4 is 64.9 Å². The molecule has 1 aliphatic heterocycles. The van der Waals surface area contributed by atoms with Gasteiger partial charge in [0.25, 0.3) is 0 Å². The molecule has 28 heavy (non-hydrogen) atoms. The zero-order chi connectivity index (χ0) is 19.9. The van der Waals surface area contributed by atoms with Crippen LogP contribution >= 0.6 is 39.0 Å². The zero-order valence-corrected chi connectivity index (χ0v) is 19.6. The Morgan fingerprint density at radius 1 is 1.14 bits per heavy atom. The second-order valence-electron chi connectivity index (χ2n) is 6.81. The van der Waals surface area contributed by atoms with E-state index in [9.17, 15) is 8.42 Å². The Bertz CT molecular complexity index is 1110. The summed E-state index contributed by atoms with van der Waals surface area (Å²) in [5, 5.41) is 1.07. The Balaban J connectivity index is 1.67. The van der Waals surface area contributed by atoms with Gasteiger partial charge in [-0.2, -0.15) is 0 Å². The molecule has 0 bridgehead atoms. The van der Waals surface area contributed by atoms with Crippen molar-refractivity contribution in [2.45, 2.75) is 24.5 Å². The van der Waals surface area contributed by atoms with Gasteiger partial charge >= 0.3 is 0 Å². The van der Waals surface area contributed by atoms with E-state index in [1.807, 2.05) is 12.1 Å². The number of hydrogen-bond donors (Lipinski definition) is 0. The van der Waals surface area contributed by atoms with Crippen LogP contribution in [0.4, 0.5) is 5.82 Å². The van der Waals surface area contributed by atoms with Crippen LogP contribution in [0.1, 0.15) is 16.3 Å². The smallest absolute Gasteiger partial charge is 0.153 e. The molecule has 148 valence electrons. The fourth-order valence-electron chi connectivity index (χ4n) is 3.17. The van der Waals surface area contributed by atoms with Crippen LogP contribution in [-0.2, 0) is 15.6 Å². The molecule has 1 aromatic carbocycles. The highest BCUT2D eigenvalue weighted by Gasteiger charge is 2.26. The SMILES string of the molecule is Cc1sc2nc(CSc3ccc(Br)cc3)nc(N3CCS(=O)(=O)CC3)c2c1C. The number of fused-ring (bicyclic) bond motifs is 1. The minimum Gasteiger partial charge on any atom is -0.354 e. The standard InChI is InChI=1S/C19H20BrN3O2S3/c1-12-13(2)27-19-17(12)18(23-7-9-28(24,25)10-8-23)21-16(22-19)11-26-15-5-3-14(20)4-6-15/h3-6H,7-11H2,1-2H3. The van der Waals surface area contributed by atoms with Gasteiger partial charge in [0.1, 0.15) is 16.5 Å². The molecule has 0 unspecified atom stereocenters. The van der Waals surface area contributed by atoms with Crippen molar-refractivity contribution in [3.63, 3.8) is 0 Å². The molecular formula is C19H20BrN3O2S3. The van der Waals surface area contributed by atoms with E-state index in [0.717, 1.165) is 31.2 Å². The van der Waals surface area contributed by atoms with Crippen LogP contribution in [0.2, 0.25) is 0 Å². The summed E-state index contributed by atoms with van der Waals surface area (Å²) >= 11 is 6.84. The Labute approximate surface area is 181 Å². The van der Waals surface area contributed by atoms with E-state index in [2.05, 4.69) is 46.8 Å². The van der Waals surface area contributed by atoms with Gasteiger partial charge in [-0.05, 0) is 43.7 Å². The Kier molecular flexibility index (Phi) is 5.70. The molecule has 1 saturated heterocycles. The van der Waals surface area contributed by atoms with Crippen molar-refractivity contribution in [2.75, 3.05) is 29.5 Å². The first-order valence-electron chi connectivity index (χ1n) is 8.93. The van der Waals surface area contributed by atoms with Crippen LogP contribution in [0, 0.1) is 13.8 Å². The Morgan fingerprint density at radius 3 is 2.50 bits per heavy atom. The van der Waals surface area contributed by atoms with Gasteiger partial charge in [-0.1, -0.05) is 15.9 Å². The molecule has 0 atom stereocenters. The van der Waals surface area contributed by atoms with Gasteiger partial charge in [-0.15, -0.1) is 23.1 Å². The van der Waals surface area contributed by atoms with Crippen molar-refractivity contribution in [1.29, 1.82) is 0 Å². The molecule has 0 N–H and O–H groups in total. The van der Waals surface area contributed by atoms with Gasteiger partial charge in [-0.3, -0.25) is 0 Å². The lowest BCUT2D eigenvalue weighted by molar-refractivity contribution is 0.586. The van der Waals surface area contributed by atoms with E-state index in [1.54, 1.807) is 23.1 Å². The fourth-order valence-corrected chi connectivity index (χ4v) is 6.43. The molecule has 3 aromatic rings. The molecular weight excluding hydrogens is 478 g/mol. The van der Waals surface area contributed by atoms with Crippen molar-refractivity contribution in [3.05, 3.63) is 45.0 Å². The Morgan fingerprint density at radius 2 is 1.82 bits per heavy atom. The summed E-state index contributed by atoms with van der Waals surface area (Å²) in [4.78, 5) is 15.2. The maximum atomic E-state index is 11.8. The van der Waals surface area contributed by atoms with E-state index in [0.29, 0.717) is 18.8 Å². The third-order valence-electron chi connectivity index (χ3n) is 4.88. The average Bonchev–Trinajstić information content (AvgIpc) is 2.95. The van der Waals surface area contributed by atoms with Crippen LogP contribution in [0.5, 0.6) is 0 Å². The van der Waals surface area contributed by atoms with Crippen LogP contribution in [0.25, 0.3) is 10.2 Å².